The van der Waals surface area contributed by atoms with Crippen molar-refractivity contribution in [3.63, 3.8) is 0 Å². The predicted octanol–water partition coefficient (Wildman–Crippen LogP) is 4.51. The normalized spacial score (nSPS) is 13.4. The predicted molar refractivity (Wildman–Crippen MR) is 109 cm³/mol. The SMILES string of the molecule is CCN(c1nc(CN(C(=O)c2ccncc2)c2ccc(F)cc2)cs1)C1CC1. The van der Waals surface area contributed by atoms with Gasteiger partial charge in [-0.2, -0.15) is 0 Å². The molecule has 0 atom stereocenters. The minimum absolute atomic E-state index is 0.168. The zero-order valence-electron chi connectivity index (χ0n) is 15.6. The van der Waals surface area contributed by atoms with E-state index in [-0.39, 0.29) is 11.7 Å². The van der Waals surface area contributed by atoms with Crippen LogP contribution < -0.4 is 9.80 Å². The molecule has 0 unspecified atom stereocenters. The number of amides is 1. The molecule has 1 aliphatic carbocycles. The Morgan fingerprint density at radius 2 is 1.89 bits per heavy atom. The van der Waals surface area contributed by atoms with E-state index in [9.17, 15) is 9.18 Å². The van der Waals surface area contributed by atoms with Gasteiger partial charge in [-0.05, 0) is 56.2 Å². The molecule has 2 aromatic heterocycles. The van der Waals surface area contributed by atoms with E-state index in [4.69, 9.17) is 4.98 Å². The van der Waals surface area contributed by atoms with Gasteiger partial charge in [-0.15, -0.1) is 11.3 Å². The fraction of sp³-hybridized carbons (Fsp3) is 0.286. The number of carbonyl (C=O) groups excluding carboxylic acids is 1. The van der Waals surface area contributed by atoms with Crippen LogP contribution in [-0.2, 0) is 6.54 Å². The van der Waals surface area contributed by atoms with E-state index in [0.717, 1.165) is 17.4 Å². The summed E-state index contributed by atoms with van der Waals surface area (Å²) in [6.45, 7) is 3.39. The van der Waals surface area contributed by atoms with E-state index in [1.807, 2.05) is 5.38 Å². The van der Waals surface area contributed by atoms with Crippen LogP contribution in [0.1, 0.15) is 35.8 Å². The molecule has 0 radical (unpaired) electrons. The van der Waals surface area contributed by atoms with Gasteiger partial charge >= 0.3 is 0 Å². The second kappa shape index (κ2) is 8.06. The van der Waals surface area contributed by atoms with Crippen molar-refractivity contribution >= 4 is 28.1 Å². The van der Waals surface area contributed by atoms with Crippen molar-refractivity contribution in [1.29, 1.82) is 0 Å². The maximum absolute atomic E-state index is 13.4. The van der Waals surface area contributed by atoms with E-state index in [1.165, 1.54) is 25.0 Å². The minimum Gasteiger partial charge on any atom is -0.345 e. The summed E-state index contributed by atoms with van der Waals surface area (Å²) in [6, 6.07) is 9.90. The topological polar surface area (TPSA) is 49.3 Å². The van der Waals surface area contributed by atoms with Gasteiger partial charge in [0.05, 0.1) is 12.2 Å². The van der Waals surface area contributed by atoms with Gasteiger partial charge in [0, 0.05) is 41.6 Å². The van der Waals surface area contributed by atoms with Gasteiger partial charge in [0.1, 0.15) is 5.82 Å². The molecule has 3 aromatic rings. The number of rotatable bonds is 7. The first-order valence-corrected chi connectivity index (χ1v) is 10.2. The van der Waals surface area contributed by atoms with E-state index < -0.39 is 0 Å². The Morgan fingerprint density at radius 3 is 2.54 bits per heavy atom. The van der Waals surface area contributed by atoms with Gasteiger partial charge in [-0.3, -0.25) is 9.78 Å². The van der Waals surface area contributed by atoms with Crippen LogP contribution in [0.4, 0.5) is 15.2 Å². The fourth-order valence-electron chi connectivity index (χ4n) is 3.15. The van der Waals surface area contributed by atoms with Gasteiger partial charge < -0.3 is 9.80 Å². The number of carbonyl (C=O) groups is 1. The molecule has 0 N–H and O–H groups in total. The molecule has 1 aliphatic rings. The Bertz CT molecular complexity index is 941. The molecule has 0 saturated heterocycles. The Kier molecular flexibility index (Phi) is 5.34. The number of anilines is 2. The molecular weight excluding hydrogens is 375 g/mol. The summed E-state index contributed by atoms with van der Waals surface area (Å²) in [6.07, 6.45) is 5.60. The summed E-state index contributed by atoms with van der Waals surface area (Å²) < 4.78 is 13.4. The molecule has 1 fully saturated rings. The summed E-state index contributed by atoms with van der Waals surface area (Å²) in [4.78, 5) is 25.8. The average Bonchev–Trinajstić information content (AvgIpc) is 3.46. The van der Waals surface area contributed by atoms with Crippen molar-refractivity contribution in [2.75, 3.05) is 16.3 Å². The first-order chi connectivity index (χ1) is 13.7. The largest absolute Gasteiger partial charge is 0.345 e. The van der Waals surface area contributed by atoms with Crippen LogP contribution in [0, 0.1) is 5.82 Å². The summed E-state index contributed by atoms with van der Waals surface area (Å²) in [5.41, 5.74) is 1.99. The molecule has 1 aromatic carbocycles. The summed E-state index contributed by atoms with van der Waals surface area (Å²) in [5, 5.41) is 2.99. The van der Waals surface area contributed by atoms with Crippen LogP contribution in [0.5, 0.6) is 0 Å². The quantitative estimate of drug-likeness (QED) is 0.589. The van der Waals surface area contributed by atoms with Crippen molar-refractivity contribution in [2.24, 2.45) is 0 Å². The van der Waals surface area contributed by atoms with Crippen molar-refractivity contribution in [2.45, 2.75) is 32.4 Å². The average molecular weight is 396 g/mol. The number of hydrogen-bond donors (Lipinski definition) is 0. The van der Waals surface area contributed by atoms with Gasteiger partial charge in [0.2, 0.25) is 0 Å². The molecular formula is C21H21FN4OS. The second-order valence-electron chi connectivity index (χ2n) is 6.74. The first kappa shape index (κ1) is 18.6. The van der Waals surface area contributed by atoms with Crippen LogP contribution in [-0.4, -0.2) is 28.5 Å². The van der Waals surface area contributed by atoms with Crippen LogP contribution in [0.3, 0.4) is 0 Å². The molecule has 1 amide bonds. The Hall–Kier alpha value is -2.80. The monoisotopic (exact) mass is 396 g/mol. The number of thiazole rings is 1. The van der Waals surface area contributed by atoms with Gasteiger partial charge in [-0.1, -0.05) is 0 Å². The maximum Gasteiger partial charge on any atom is 0.258 e. The van der Waals surface area contributed by atoms with E-state index in [0.29, 0.717) is 23.8 Å². The molecule has 0 spiro atoms. The van der Waals surface area contributed by atoms with E-state index in [2.05, 4.69) is 16.8 Å². The molecule has 1 saturated carbocycles. The Balaban J connectivity index is 1.61. The van der Waals surface area contributed by atoms with Crippen LogP contribution in [0.2, 0.25) is 0 Å². The number of hydrogen-bond acceptors (Lipinski definition) is 5. The van der Waals surface area contributed by atoms with Crippen molar-refractivity contribution < 1.29 is 9.18 Å². The number of pyridine rings is 1. The molecule has 5 nitrogen and oxygen atoms in total. The highest BCUT2D eigenvalue weighted by molar-refractivity contribution is 7.13. The zero-order valence-corrected chi connectivity index (χ0v) is 16.4. The van der Waals surface area contributed by atoms with Crippen molar-refractivity contribution in [3.8, 4) is 0 Å². The third-order valence-corrected chi connectivity index (χ3v) is 5.67. The number of aromatic nitrogens is 2. The molecule has 0 aliphatic heterocycles. The third-order valence-electron chi connectivity index (χ3n) is 4.74. The van der Waals surface area contributed by atoms with E-state index in [1.54, 1.807) is 52.9 Å². The first-order valence-electron chi connectivity index (χ1n) is 9.34. The van der Waals surface area contributed by atoms with Crippen LogP contribution in [0.25, 0.3) is 0 Å². The highest BCUT2D eigenvalue weighted by atomic mass is 32.1. The third kappa shape index (κ3) is 4.04. The molecule has 144 valence electrons. The van der Waals surface area contributed by atoms with E-state index >= 15 is 0 Å². The minimum atomic E-state index is -0.334. The highest BCUT2D eigenvalue weighted by Gasteiger charge is 2.30. The van der Waals surface area contributed by atoms with Gasteiger partial charge in [0.25, 0.3) is 5.91 Å². The summed E-state index contributed by atoms with van der Waals surface area (Å²) in [7, 11) is 0. The number of halogens is 1. The highest BCUT2D eigenvalue weighted by Crippen LogP contribution is 2.33. The standard InChI is InChI=1S/C21H21FN4OS/c1-2-25(18-7-8-18)21-24-17(14-28-21)13-26(19-5-3-16(22)4-6-19)20(27)15-9-11-23-12-10-15/h3-6,9-12,14,18H,2,7-8,13H2,1H3. The second-order valence-corrected chi connectivity index (χ2v) is 7.58. The maximum atomic E-state index is 13.4. The zero-order chi connectivity index (χ0) is 19.5. The lowest BCUT2D eigenvalue weighted by molar-refractivity contribution is 0.0984. The summed E-state index contributed by atoms with van der Waals surface area (Å²) >= 11 is 1.60. The number of nitrogens with zero attached hydrogens (tertiary/aromatic N) is 4. The van der Waals surface area contributed by atoms with Crippen LogP contribution in [0.15, 0.2) is 54.2 Å². The smallest absolute Gasteiger partial charge is 0.258 e. The lowest BCUT2D eigenvalue weighted by atomic mass is 10.2. The van der Waals surface area contributed by atoms with Gasteiger partial charge in [0.15, 0.2) is 5.13 Å². The Morgan fingerprint density at radius 1 is 1.18 bits per heavy atom. The molecule has 2 heterocycles. The summed E-state index contributed by atoms with van der Waals surface area (Å²) in [5.74, 6) is -0.503. The van der Waals surface area contributed by atoms with Crippen LogP contribution >= 0.6 is 11.3 Å². The van der Waals surface area contributed by atoms with Crippen molar-refractivity contribution in [3.05, 3.63) is 71.2 Å². The number of benzene rings is 1. The Labute approximate surface area is 167 Å². The lowest BCUT2D eigenvalue weighted by Gasteiger charge is -2.22. The lowest BCUT2D eigenvalue weighted by Crippen LogP contribution is -2.30. The van der Waals surface area contributed by atoms with Gasteiger partial charge in [-0.25, -0.2) is 9.37 Å². The molecule has 7 heteroatoms. The fourth-order valence-corrected chi connectivity index (χ4v) is 4.10. The molecule has 28 heavy (non-hydrogen) atoms. The van der Waals surface area contributed by atoms with Crippen molar-refractivity contribution in [1.82, 2.24) is 9.97 Å². The molecule has 0 bridgehead atoms. The molecule has 4 rings (SSSR count).